The molecule has 108 valence electrons. The van der Waals surface area contributed by atoms with Crippen LogP contribution < -0.4 is 5.32 Å². The topological polar surface area (TPSA) is 29.9 Å². The first-order valence-corrected chi connectivity index (χ1v) is 8.70. The van der Waals surface area contributed by atoms with Crippen LogP contribution in [0.1, 0.15) is 56.1 Å². The lowest BCUT2D eigenvalue weighted by atomic mass is 10.0. The van der Waals surface area contributed by atoms with E-state index in [0.29, 0.717) is 12.1 Å². The van der Waals surface area contributed by atoms with E-state index in [0.717, 1.165) is 11.8 Å². The van der Waals surface area contributed by atoms with Crippen LogP contribution in [0.3, 0.4) is 0 Å². The number of aromatic nitrogens is 2. The molecular weight excluding hydrogens is 254 g/mol. The van der Waals surface area contributed by atoms with Crippen molar-refractivity contribution in [3.8, 4) is 0 Å². The van der Waals surface area contributed by atoms with Gasteiger partial charge in [-0.25, -0.2) is 0 Å². The minimum Gasteiger partial charge on any atom is -0.306 e. The Morgan fingerprint density at radius 3 is 2.74 bits per heavy atom. The van der Waals surface area contributed by atoms with Crippen LogP contribution in [0, 0.1) is 13.8 Å². The van der Waals surface area contributed by atoms with E-state index in [1.807, 2.05) is 11.8 Å². The molecule has 1 aliphatic carbocycles. The molecule has 3 nitrogen and oxygen atoms in total. The van der Waals surface area contributed by atoms with Gasteiger partial charge in [0, 0.05) is 35.1 Å². The van der Waals surface area contributed by atoms with E-state index in [-0.39, 0.29) is 0 Å². The maximum Gasteiger partial charge on any atom is 0.0644 e. The highest BCUT2D eigenvalue weighted by Gasteiger charge is 2.29. The number of nitrogens with one attached hydrogen (secondary N) is 1. The molecule has 1 saturated carbocycles. The fourth-order valence-corrected chi connectivity index (χ4v) is 4.39. The van der Waals surface area contributed by atoms with E-state index in [9.17, 15) is 0 Å². The fourth-order valence-electron chi connectivity index (χ4n) is 3.45. The summed E-state index contributed by atoms with van der Waals surface area (Å²) in [6, 6.07) is 1.06. The number of hydrogen-bond donors (Lipinski definition) is 1. The summed E-state index contributed by atoms with van der Waals surface area (Å²) in [7, 11) is 0. The molecule has 0 amide bonds. The summed E-state index contributed by atoms with van der Waals surface area (Å²) in [5.74, 6) is 0. The Hall–Kier alpha value is -0.480. The summed E-state index contributed by atoms with van der Waals surface area (Å²) >= 11 is 2.01. The summed E-state index contributed by atoms with van der Waals surface area (Å²) in [4.78, 5) is 0. The van der Waals surface area contributed by atoms with Gasteiger partial charge in [-0.1, -0.05) is 6.42 Å². The Morgan fingerprint density at radius 1 is 1.42 bits per heavy atom. The Kier molecular flexibility index (Phi) is 4.96. The van der Waals surface area contributed by atoms with E-state index >= 15 is 0 Å². The van der Waals surface area contributed by atoms with Gasteiger partial charge in [0.1, 0.15) is 0 Å². The van der Waals surface area contributed by atoms with Gasteiger partial charge in [0.05, 0.1) is 5.69 Å². The number of thioether (sulfide) groups is 1. The van der Waals surface area contributed by atoms with Crippen LogP contribution in [-0.2, 0) is 6.54 Å². The molecule has 1 aliphatic rings. The first-order chi connectivity index (χ1) is 9.08. The lowest BCUT2D eigenvalue weighted by molar-refractivity contribution is 0.464. The summed E-state index contributed by atoms with van der Waals surface area (Å²) in [6.45, 7) is 9.72. The van der Waals surface area contributed by atoms with Crippen LogP contribution in [0.25, 0.3) is 0 Å². The molecule has 1 heterocycles. The van der Waals surface area contributed by atoms with Crippen LogP contribution in [0.4, 0.5) is 0 Å². The Bertz CT molecular complexity index is 427. The van der Waals surface area contributed by atoms with Gasteiger partial charge in [0.25, 0.3) is 0 Å². The highest BCUT2D eigenvalue weighted by Crippen LogP contribution is 2.31. The molecule has 2 rings (SSSR count). The average Bonchev–Trinajstić information content (AvgIpc) is 2.93. The second-order valence-electron chi connectivity index (χ2n) is 5.60. The summed E-state index contributed by atoms with van der Waals surface area (Å²) in [6.07, 6.45) is 6.27. The zero-order chi connectivity index (χ0) is 14.0. The Labute approximate surface area is 121 Å². The van der Waals surface area contributed by atoms with Crippen LogP contribution in [0.5, 0.6) is 0 Å². The van der Waals surface area contributed by atoms with Crippen molar-refractivity contribution in [2.45, 2.75) is 70.8 Å². The molecule has 0 bridgehead atoms. The largest absolute Gasteiger partial charge is 0.306 e. The van der Waals surface area contributed by atoms with Gasteiger partial charge in [-0.2, -0.15) is 16.9 Å². The molecule has 1 fully saturated rings. The van der Waals surface area contributed by atoms with Crippen LogP contribution in [0.2, 0.25) is 0 Å². The van der Waals surface area contributed by atoms with E-state index < -0.39 is 0 Å². The van der Waals surface area contributed by atoms with E-state index in [2.05, 4.69) is 49.0 Å². The van der Waals surface area contributed by atoms with Crippen molar-refractivity contribution in [1.29, 1.82) is 0 Å². The van der Waals surface area contributed by atoms with Crippen molar-refractivity contribution in [2.75, 3.05) is 6.26 Å². The third-order valence-electron chi connectivity index (χ3n) is 4.39. The highest BCUT2D eigenvalue weighted by atomic mass is 32.2. The monoisotopic (exact) mass is 281 g/mol. The molecule has 19 heavy (non-hydrogen) atoms. The fraction of sp³-hybridized carbons (Fsp3) is 0.800. The SMILES string of the molecule is CCn1nc(C)c(C(C)NC2CCCC2SC)c1C. The summed E-state index contributed by atoms with van der Waals surface area (Å²) in [5.41, 5.74) is 3.89. The van der Waals surface area contributed by atoms with Gasteiger partial charge < -0.3 is 5.32 Å². The van der Waals surface area contributed by atoms with Crippen LogP contribution >= 0.6 is 11.8 Å². The van der Waals surface area contributed by atoms with E-state index in [1.165, 1.54) is 36.2 Å². The van der Waals surface area contributed by atoms with Crippen LogP contribution in [-0.4, -0.2) is 27.3 Å². The van der Waals surface area contributed by atoms with Crippen molar-refractivity contribution in [3.05, 3.63) is 17.0 Å². The molecule has 0 aliphatic heterocycles. The standard InChI is InChI=1S/C15H27N3S/c1-6-18-12(4)15(11(3)17-18)10(2)16-13-8-7-9-14(13)19-5/h10,13-14,16H,6-9H2,1-5H3. The number of nitrogens with zero attached hydrogens (tertiary/aromatic N) is 2. The number of rotatable bonds is 5. The van der Waals surface area contributed by atoms with Crippen molar-refractivity contribution in [2.24, 2.45) is 0 Å². The second-order valence-corrected chi connectivity index (χ2v) is 6.68. The zero-order valence-corrected chi connectivity index (χ0v) is 13.7. The predicted octanol–water partition coefficient (Wildman–Crippen LogP) is 3.45. The first kappa shape index (κ1) is 14.9. The van der Waals surface area contributed by atoms with Gasteiger partial charge in [-0.15, -0.1) is 0 Å². The lowest BCUT2D eigenvalue weighted by Crippen LogP contribution is -2.36. The lowest BCUT2D eigenvalue weighted by Gasteiger charge is -2.24. The molecule has 1 aromatic rings. The third-order valence-corrected chi connectivity index (χ3v) is 5.56. The zero-order valence-electron chi connectivity index (χ0n) is 12.9. The summed E-state index contributed by atoms with van der Waals surface area (Å²) < 4.78 is 2.11. The second kappa shape index (κ2) is 6.31. The number of hydrogen-bond acceptors (Lipinski definition) is 3. The summed E-state index contributed by atoms with van der Waals surface area (Å²) in [5, 5.41) is 9.26. The molecule has 1 aromatic heterocycles. The van der Waals surface area contributed by atoms with E-state index in [4.69, 9.17) is 0 Å². The number of aryl methyl sites for hydroxylation is 2. The normalized spacial score (nSPS) is 24.9. The van der Waals surface area contributed by atoms with Crippen LogP contribution in [0.15, 0.2) is 0 Å². The molecule has 0 radical (unpaired) electrons. The van der Waals surface area contributed by atoms with E-state index in [1.54, 1.807) is 0 Å². The van der Waals surface area contributed by atoms with Gasteiger partial charge >= 0.3 is 0 Å². The maximum absolute atomic E-state index is 4.63. The Morgan fingerprint density at radius 2 is 2.16 bits per heavy atom. The van der Waals surface area contributed by atoms with Gasteiger partial charge in [0.15, 0.2) is 0 Å². The van der Waals surface area contributed by atoms with Gasteiger partial charge in [0.2, 0.25) is 0 Å². The van der Waals surface area contributed by atoms with Crippen molar-refractivity contribution in [1.82, 2.24) is 15.1 Å². The van der Waals surface area contributed by atoms with Crippen molar-refractivity contribution in [3.63, 3.8) is 0 Å². The third kappa shape index (κ3) is 3.00. The van der Waals surface area contributed by atoms with Crippen molar-refractivity contribution >= 4 is 11.8 Å². The molecule has 0 saturated heterocycles. The maximum atomic E-state index is 4.63. The average molecular weight is 281 g/mol. The van der Waals surface area contributed by atoms with Crippen molar-refractivity contribution < 1.29 is 0 Å². The molecule has 3 unspecified atom stereocenters. The molecule has 0 spiro atoms. The molecule has 0 aromatic carbocycles. The Balaban J connectivity index is 2.11. The molecular formula is C15H27N3S. The first-order valence-electron chi connectivity index (χ1n) is 7.41. The minimum atomic E-state index is 0.401. The molecule has 4 heteroatoms. The van der Waals surface area contributed by atoms with Gasteiger partial charge in [-0.3, -0.25) is 4.68 Å². The predicted molar refractivity (Wildman–Crippen MR) is 83.9 cm³/mol. The molecule has 3 atom stereocenters. The quantitative estimate of drug-likeness (QED) is 0.896. The highest BCUT2D eigenvalue weighted by molar-refractivity contribution is 7.99. The molecule has 1 N–H and O–H groups in total. The smallest absolute Gasteiger partial charge is 0.0644 e. The minimum absolute atomic E-state index is 0.401. The van der Waals surface area contributed by atoms with Gasteiger partial charge in [-0.05, 0) is 46.8 Å².